The quantitative estimate of drug-likeness (QED) is 0.434. The molecule has 162 valence electrons. The maximum Gasteiger partial charge on any atom is 0.269 e. The lowest BCUT2D eigenvalue weighted by Gasteiger charge is -2.26. The molecule has 2 fully saturated rings. The zero-order valence-corrected chi connectivity index (χ0v) is 17.8. The minimum absolute atomic E-state index is 0.189. The van der Waals surface area contributed by atoms with Crippen LogP contribution in [0.4, 0.5) is 11.4 Å². The predicted octanol–water partition coefficient (Wildman–Crippen LogP) is 4.84. The van der Waals surface area contributed by atoms with Crippen LogP contribution in [0.2, 0.25) is 0 Å². The zero-order valence-electron chi connectivity index (χ0n) is 17.8. The van der Waals surface area contributed by atoms with Gasteiger partial charge in [0, 0.05) is 30.9 Å². The van der Waals surface area contributed by atoms with Crippen LogP contribution < -0.4 is 5.73 Å². The largest absolute Gasteiger partial charge is 0.399 e. The maximum absolute atomic E-state index is 10.6. The van der Waals surface area contributed by atoms with E-state index in [9.17, 15) is 10.1 Å². The summed E-state index contributed by atoms with van der Waals surface area (Å²) in [4.78, 5) is 15.2. The topological polar surface area (TPSA) is 75.6 Å². The molecule has 2 aliphatic heterocycles. The Kier molecular flexibility index (Phi) is 8.66. The van der Waals surface area contributed by atoms with Crippen LogP contribution in [0.5, 0.6) is 0 Å². The van der Waals surface area contributed by atoms with Crippen LogP contribution in [0, 0.1) is 10.1 Å². The Morgan fingerprint density at radius 1 is 0.767 bits per heavy atom. The SMILES string of the molecule is Nc1cccc(CN2CCCCC2)c1.O=[N+]([O-])c1cccc(CN2CCCCC2)c1. The molecule has 6 heteroatoms. The highest BCUT2D eigenvalue weighted by atomic mass is 16.6. The number of hydrogen-bond acceptors (Lipinski definition) is 5. The van der Waals surface area contributed by atoms with Crippen LogP contribution in [0.15, 0.2) is 48.5 Å². The maximum atomic E-state index is 10.6. The monoisotopic (exact) mass is 410 g/mol. The van der Waals surface area contributed by atoms with E-state index in [4.69, 9.17) is 5.73 Å². The summed E-state index contributed by atoms with van der Waals surface area (Å²) in [5, 5.41) is 10.6. The van der Waals surface area contributed by atoms with E-state index >= 15 is 0 Å². The minimum Gasteiger partial charge on any atom is -0.399 e. The van der Waals surface area contributed by atoms with E-state index in [-0.39, 0.29) is 10.6 Å². The van der Waals surface area contributed by atoms with Crippen LogP contribution in [-0.2, 0) is 13.1 Å². The second-order valence-corrected chi connectivity index (χ2v) is 8.35. The van der Waals surface area contributed by atoms with Crippen molar-refractivity contribution in [1.82, 2.24) is 9.80 Å². The van der Waals surface area contributed by atoms with E-state index in [1.54, 1.807) is 18.2 Å². The lowest BCUT2D eigenvalue weighted by Crippen LogP contribution is -2.29. The molecule has 0 amide bonds. The molecule has 0 atom stereocenters. The van der Waals surface area contributed by atoms with Crippen molar-refractivity contribution in [2.24, 2.45) is 0 Å². The fourth-order valence-corrected chi connectivity index (χ4v) is 4.21. The van der Waals surface area contributed by atoms with Crippen LogP contribution in [0.3, 0.4) is 0 Å². The van der Waals surface area contributed by atoms with Gasteiger partial charge in [-0.05, 0) is 75.1 Å². The molecule has 2 N–H and O–H groups in total. The van der Waals surface area contributed by atoms with Gasteiger partial charge in [0.05, 0.1) is 4.92 Å². The Labute approximate surface area is 179 Å². The molecule has 2 heterocycles. The molecule has 0 saturated carbocycles. The van der Waals surface area contributed by atoms with Crippen LogP contribution >= 0.6 is 0 Å². The number of likely N-dealkylation sites (tertiary alicyclic amines) is 2. The van der Waals surface area contributed by atoms with Gasteiger partial charge in [0.1, 0.15) is 0 Å². The molecule has 2 aromatic carbocycles. The molecule has 0 aromatic heterocycles. The summed E-state index contributed by atoms with van der Waals surface area (Å²) in [7, 11) is 0. The smallest absolute Gasteiger partial charge is 0.269 e. The first-order chi connectivity index (χ1) is 14.6. The number of anilines is 1. The molecule has 2 saturated heterocycles. The van der Waals surface area contributed by atoms with Crippen molar-refractivity contribution in [3.63, 3.8) is 0 Å². The van der Waals surface area contributed by atoms with Gasteiger partial charge in [-0.2, -0.15) is 0 Å². The standard InChI is InChI=1S/C12H16N2O2.C12H18N2/c15-14(16)12-6-4-5-11(9-12)10-13-7-2-1-3-8-13;13-12-6-4-5-11(9-12)10-14-7-2-1-3-8-14/h4-6,9H,1-3,7-8,10H2;4-6,9H,1-3,7-8,10,13H2. The number of benzene rings is 2. The number of hydrogen-bond donors (Lipinski definition) is 1. The Morgan fingerprint density at radius 3 is 1.77 bits per heavy atom. The fraction of sp³-hybridized carbons (Fsp3) is 0.500. The van der Waals surface area contributed by atoms with Crippen molar-refractivity contribution in [2.45, 2.75) is 51.6 Å². The van der Waals surface area contributed by atoms with Crippen molar-refractivity contribution in [2.75, 3.05) is 31.9 Å². The third-order valence-corrected chi connectivity index (χ3v) is 5.78. The first kappa shape index (κ1) is 22.2. The highest BCUT2D eigenvalue weighted by Gasteiger charge is 2.12. The Morgan fingerprint density at radius 2 is 1.27 bits per heavy atom. The Balaban J connectivity index is 0.000000172. The predicted molar refractivity (Wildman–Crippen MR) is 122 cm³/mol. The molecule has 0 spiro atoms. The Bertz CT molecular complexity index is 799. The average molecular weight is 411 g/mol. The second-order valence-electron chi connectivity index (χ2n) is 8.35. The van der Waals surface area contributed by atoms with Gasteiger partial charge in [-0.1, -0.05) is 37.1 Å². The summed E-state index contributed by atoms with van der Waals surface area (Å²) in [6, 6.07) is 15.2. The van der Waals surface area contributed by atoms with Gasteiger partial charge in [0.15, 0.2) is 0 Å². The minimum atomic E-state index is -0.334. The van der Waals surface area contributed by atoms with Gasteiger partial charge < -0.3 is 5.73 Å². The van der Waals surface area contributed by atoms with Crippen LogP contribution in [0.25, 0.3) is 0 Å². The van der Waals surface area contributed by atoms with Gasteiger partial charge in [-0.3, -0.25) is 19.9 Å². The summed E-state index contributed by atoms with van der Waals surface area (Å²) in [5.74, 6) is 0. The number of nitrogen functional groups attached to an aromatic ring is 1. The normalized spacial score (nSPS) is 17.7. The molecule has 4 rings (SSSR count). The third-order valence-electron chi connectivity index (χ3n) is 5.78. The first-order valence-electron chi connectivity index (χ1n) is 11.1. The average Bonchev–Trinajstić information content (AvgIpc) is 2.76. The van der Waals surface area contributed by atoms with Gasteiger partial charge in [0.25, 0.3) is 5.69 Å². The number of nitro benzene ring substituents is 1. The number of non-ortho nitro benzene ring substituents is 1. The van der Waals surface area contributed by atoms with Crippen LogP contribution in [-0.4, -0.2) is 40.9 Å². The number of rotatable bonds is 5. The third kappa shape index (κ3) is 7.43. The van der Waals surface area contributed by atoms with Gasteiger partial charge in [0.2, 0.25) is 0 Å². The summed E-state index contributed by atoms with van der Waals surface area (Å²) in [6.45, 7) is 6.61. The molecule has 0 unspecified atom stereocenters. The molecular formula is C24H34N4O2. The summed E-state index contributed by atoms with van der Waals surface area (Å²) < 4.78 is 0. The van der Waals surface area contributed by atoms with Crippen molar-refractivity contribution < 1.29 is 4.92 Å². The molecular weight excluding hydrogens is 376 g/mol. The van der Waals surface area contributed by atoms with E-state index < -0.39 is 0 Å². The second kappa shape index (κ2) is 11.7. The van der Waals surface area contributed by atoms with Gasteiger partial charge in [-0.15, -0.1) is 0 Å². The summed E-state index contributed by atoms with van der Waals surface area (Å²) >= 11 is 0. The summed E-state index contributed by atoms with van der Waals surface area (Å²) in [5.41, 5.74) is 9.19. The molecule has 0 radical (unpaired) electrons. The van der Waals surface area contributed by atoms with Crippen molar-refractivity contribution in [3.8, 4) is 0 Å². The van der Waals surface area contributed by atoms with Crippen molar-refractivity contribution in [3.05, 3.63) is 69.8 Å². The number of nitrogens with two attached hydrogens (primary N) is 1. The number of nitro groups is 1. The van der Waals surface area contributed by atoms with Crippen molar-refractivity contribution >= 4 is 11.4 Å². The first-order valence-corrected chi connectivity index (χ1v) is 11.1. The van der Waals surface area contributed by atoms with E-state index in [2.05, 4.69) is 21.9 Å². The molecule has 30 heavy (non-hydrogen) atoms. The lowest BCUT2D eigenvalue weighted by molar-refractivity contribution is -0.384. The lowest BCUT2D eigenvalue weighted by atomic mass is 10.1. The highest BCUT2D eigenvalue weighted by Crippen LogP contribution is 2.17. The number of piperidine rings is 2. The fourth-order valence-electron chi connectivity index (χ4n) is 4.21. The van der Waals surface area contributed by atoms with E-state index in [1.165, 1.54) is 57.2 Å². The Hall–Kier alpha value is -2.44. The van der Waals surface area contributed by atoms with Crippen LogP contribution in [0.1, 0.15) is 49.7 Å². The molecule has 0 aliphatic carbocycles. The summed E-state index contributed by atoms with van der Waals surface area (Å²) in [6.07, 6.45) is 7.90. The molecule has 6 nitrogen and oxygen atoms in total. The molecule has 2 aromatic rings. The van der Waals surface area contributed by atoms with Crippen molar-refractivity contribution in [1.29, 1.82) is 0 Å². The van der Waals surface area contributed by atoms with E-state index in [1.807, 2.05) is 18.2 Å². The van der Waals surface area contributed by atoms with Gasteiger partial charge in [-0.25, -0.2) is 0 Å². The number of nitrogens with zero attached hydrogens (tertiary/aromatic N) is 3. The van der Waals surface area contributed by atoms with Gasteiger partial charge >= 0.3 is 0 Å². The van der Waals surface area contributed by atoms with E-state index in [0.29, 0.717) is 0 Å². The molecule has 2 aliphatic rings. The molecule has 0 bridgehead atoms. The highest BCUT2D eigenvalue weighted by molar-refractivity contribution is 5.40. The zero-order chi connectivity index (χ0) is 21.2. The van der Waals surface area contributed by atoms with E-state index in [0.717, 1.165) is 37.4 Å².